The molecule has 6 nitrogen and oxygen atoms in total. The van der Waals surface area contributed by atoms with Gasteiger partial charge in [-0.2, -0.15) is 5.10 Å². The Balaban J connectivity index is 2.61. The van der Waals surface area contributed by atoms with Gasteiger partial charge >= 0.3 is 0 Å². The van der Waals surface area contributed by atoms with Crippen LogP contribution in [-0.2, 0) is 7.05 Å². The van der Waals surface area contributed by atoms with Gasteiger partial charge in [-0.3, -0.25) is 10.2 Å². The highest BCUT2D eigenvalue weighted by molar-refractivity contribution is 5.95. The molecule has 0 aliphatic heterocycles. The second-order valence-electron chi connectivity index (χ2n) is 4.47. The van der Waals surface area contributed by atoms with Crippen LogP contribution < -0.4 is 16.0 Å². The predicted octanol–water partition coefficient (Wildman–Crippen LogP) is 1.05. The van der Waals surface area contributed by atoms with E-state index in [0.717, 1.165) is 16.9 Å². The van der Waals surface area contributed by atoms with Crippen LogP contribution in [0.2, 0.25) is 0 Å². The van der Waals surface area contributed by atoms with E-state index >= 15 is 0 Å². The first kappa shape index (κ1) is 13.8. The summed E-state index contributed by atoms with van der Waals surface area (Å²) in [5.41, 5.74) is 7.57. The summed E-state index contributed by atoms with van der Waals surface area (Å²) in [6.45, 7) is 1.93. The molecule has 20 heavy (non-hydrogen) atoms. The van der Waals surface area contributed by atoms with Crippen molar-refractivity contribution in [2.24, 2.45) is 12.8 Å². The molecule has 1 aromatic heterocycles. The Morgan fingerprint density at radius 2 is 2.10 bits per heavy atom. The largest absolute Gasteiger partial charge is 0.496 e. The third kappa shape index (κ3) is 2.40. The van der Waals surface area contributed by atoms with Crippen molar-refractivity contribution in [1.82, 2.24) is 9.78 Å². The number of methoxy groups -OCH3 is 1. The molecular weight excluding hydrogens is 256 g/mol. The van der Waals surface area contributed by atoms with Crippen LogP contribution in [0.4, 0.5) is 0 Å². The van der Waals surface area contributed by atoms with Gasteiger partial charge in [-0.25, -0.2) is 4.68 Å². The Labute approximate surface area is 116 Å². The molecule has 2 aromatic rings. The number of hydrogen-bond donors (Lipinski definition) is 2. The third-order valence-electron chi connectivity index (χ3n) is 3.04. The van der Waals surface area contributed by atoms with Crippen molar-refractivity contribution in [3.63, 3.8) is 0 Å². The highest BCUT2D eigenvalue weighted by atomic mass is 16.5. The first-order chi connectivity index (χ1) is 9.43. The Bertz CT molecular complexity index is 734. The maximum Gasteiger partial charge on any atom is 0.277 e. The van der Waals surface area contributed by atoms with Crippen LogP contribution in [0.3, 0.4) is 0 Å². The van der Waals surface area contributed by atoms with E-state index in [2.05, 4.69) is 5.10 Å². The summed E-state index contributed by atoms with van der Waals surface area (Å²) in [4.78, 5) is 11.8. The molecule has 1 aromatic carbocycles. The fraction of sp³-hybridized carbons (Fsp3) is 0.214. The van der Waals surface area contributed by atoms with E-state index < -0.39 is 0 Å². The molecule has 0 saturated heterocycles. The minimum Gasteiger partial charge on any atom is -0.496 e. The summed E-state index contributed by atoms with van der Waals surface area (Å²) >= 11 is 0. The molecule has 0 aliphatic carbocycles. The van der Waals surface area contributed by atoms with Crippen LogP contribution in [0.25, 0.3) is 11.3 Å². The van der Waals surface area contributed by atoms with Gasteiger partial charge in [0.25, 0.3) is 5.56 Å². The number of ether oxygens (including phenoxy) is 1. The van der Waals surface area contributed by atoms with Gasteiger partial charge in [0.2, 0.25) is 0 Å². The summed E-state index contributed by atoms with van der Waals surface area (Å²) in [6.07, 6.45) is 0. The Morgan fingerprint density at radius 1 is 1.40 bits per heavy atom. The van der Waals surface area contributed by atoms with Gasteiger partial charge in [0.15, 0.2) is 0 Å². The lowest BCUT2D eigenvalue weighted by molar-refractivity contribution is 0.412. The predicted molar refractivity (Wildman–Crippen MR) is 77.2 cm³/mol. The van der Waals surface area contributed by atoms with Crippen LogP contribution in [-0.4, -0.2) is 22.7 Å². The number of rotatable bonds is 3. The Kier molecular flexibility index (Phi) is 3.56. The van der Waals surface area contributed by atoms with E-state index in [1.807, 2.05) is 25.1 Å². The molecule has 0 bridgehead atoms. The Morgan fingerprint density at radius 3 is 2.65 bits per heavy atom. The molecule has 0 unspecified atom stereocenters. The molecule has 0 atom stereocenters. The molecule has 0 saturated carbocycles. The summed E-state index contributed by atoms with van der Waals surface area (Å²) in [5, 5.41) is 11.6. The molecular formula is C14H16N4O2. The van der Waals surface area contributed by atoms with Crippen LogP contribution >= 0.6 is 0 Å². The van der Waals surface area contributed by atoms with Crippen molar-refractivity contribution in [1.29, 1.82) is 5.41 Å². The van der Waals surface area contributed by atoms with E-state index in [0.29, 0.717) is 5.69 Å². The first-order valence-corrected chi connectivity index (χ1v) is 6.01. The maximum atomic E-state index is 11.8. The van der Waals surface area contributed by atoms with Gasteiger partial charge in [-0.15, -0.1) is 0 Å². The smallest absolute Gasteiger partial charge is 0.277 e. The SMILES string of the molecule is COc1ccc(-c2cc(C(=N)N)c(=O)n(C)n2)cc1C. The maximum absolute atomic E-state index is 11.8. The van der Waals surface area contributed by atoms with E-state index in [1.165, 1.54) is 17.8 Å². The summed E-state index contributed by atoms with van der Waals surface area (Å²) < 4.78 is 6.40. The molecule has 104 valence electrons. The number of amidine groups is 1. The van der Waals surface area contributed by atoms with Crippen molar-refractivity contribution in [2.45, 2.75) is 6.92 Å². The quantitative estimate of drug-likeness (QED) is 0.645. The van der Waals surface area contributed by atoms with Crippen molar-refractivity contribution >= 4 is 5.84 Å². The highest BCUT2D eigenvalue weighted by Crippen LogP contribution is 2.24. The summed E-state index contributed by atoms with van der Waals surface area (Å²) in [7, 11) is 3.15. The number of nitrogen functional groups attached to an aromatic ring is 1. The normalized spacial score (nSPS) is 10.3. The zero-order chi connectivity index (χ0) is 14.9. The fourth-order valence-corrected chi connectivity index (χ4v) is 1.98. The van der Waals surface area contributed by atoms with Crippen molar-refractivity contribution < 1.29 is 4.74 Å². The van der Waals surface area contributed by atoms with Crippen molar-refractivity contribution in [2.75, 3.05) is 7.11 Å². The third-order valence-corrected chi connectivity index (χ3v) is 3.04. The second-order valence-corrected chi connectivity index (χ2v) is 4.47. The molecule has 3 N–H and O–H groups in total. The van der Waals surface area contributed by atoms with Crippen molar-refractivity contribution in [3.05, 3.63) is 45.7 Å². The number of hydrogen-bond acceptors (Lipinski definition) is 4. The van der Waals surface area contributed by atoms with Crippen LogP contribution in [0, 0.1) is 12.3 Å². The van der Waals surface area contributed by atoms with E-state index in [9.17, 15) is 4.79 Å². The lowest BCUT2D eigenvalue weighted by Gasteiger charge is -2.09. The van der Waals surface area contributed by atoms with Crippen LogP contribution in [0.1, 0.15) is 11.1 Å². The zero-order valence-corrected chi connectivity index (χ0v) is 11.6. The standard InChI is InChI=1S/C14H16N4O2/c1-8-6-9(4-5-12(8)20-3)11-7-10(13(15)16)14(19)18(2)17-11/h4-7H,1-3H3,(H3,15,16). The van der Waals surface area contributed by atoms with Crippen LogP contribution in [0.5, 0.6) is 5.75 Å². The fourth-order valence-electron chi connectivity index (χ4n) is 1.98. The molecule has 1 heterocycles. The topological polar surface area (TPSA) is 94.0 Å². The van der Waals surface area contributed by atoms with Gasteiger partial charge in [-0.1, -0.05) is 0 Å². The number of benzene rings is 1. The molecule has 0 aliphatic rings. The minimum atomic E-state index is -0.383. The number of aromatic nitrogens is 2. The van der Waals surface area contributed by atoms with E-state index in [4.69, 9.17) is 15.9 Å². The molecule has 0 amide bonds. The molecule has 0 spiro atoms. The van der Waals surface area contributed by atoms with E-state index in [1.54, 1.807) is 7.11 Å². The molecule has 2 rings (SSSR count). The first-order valence-electron chi connectivity index (χ1n) is 6.01. The van der Waals surface area contributed by atoms with Gasteiger partial charge < -0.3 is 10.5 Å². The lowest BCUT2D eigenvalue weighted by atomic mass is 10.1. The zero-order valence-electron chi connectivity index (χ0n) is 11.6. The number of aryl methyl sites for hydroxylation is 2. The average molecular weight is 272 g/mol. The van der Waals surface area contributed by atoms with Gasteiger partial charge in [0.05, 0.1) is 18.4 Å². The van der Waals surface area contributed by atoms with E-state index in [-0.39, 0.29) is 17.0 Å². The van der Waals surface area contributed by atoms with Crippen molar-refractivity contribution in [3.8, 4) is 17.0 Å². The highest BCUT2D eigenvalue weighted by Gasteiger charge is 2.11. The number of nitrogens with two attached hydrogens (primary N) is 1. The second kappa shape index (κ2) is 5.16. The molecule has 0 fully saturated rings. The lowest BCUT2D eigenvalue weighted by Crippen LogP contribution is -2.29. The number of nitrogens with zero attached hydrogens (tertiary/aromatic N) is 2. The summed E-state index contributed by atoms with van der Waals surface area (Å²) in [6, 6.07) is 7.13. The minimum absolute atomic E-state index is 0.144. The van der Waals surface area contributed by atoms with Gasteiger partial charge in [-0.05, 0) is 36.8 Å². The molecule has 6 heteroatoms. The number of nitrogens with one attached hydrogen (secondary N) is 1. The Hall–Kier alpha value is -2.63. The summed E-state index contributed by atoms with van der Waals surface area (Å²) in [5.74, 6) is 0.518. The van der Waals surface area contributed by atoms with Gasteiger partial charge in [0.1, 0.15) is 11.6 Å². The van der Waals surface area contributed by atoms with Gasteiger partial charge in [0, 0.05) is 12.6 Å². The molecule has 0 radical (unpaired) electrons. The monoisotopic (exact) mass is 272 g/mol. The van der Waals surface area contributed by atoms with Crippen LogP contribution in [0.15, 0.2) is 29.1 Å². The average Bonchev–Trinajstić information content (AvgIpc) is 2.41.